The maximum atomic E-state index is 12.3. The Labute approximate surface area is 132 Å². The highest BCUT2D eigenvalue weighted by Gasteiger charge is 2.13. The van der Waals surface area contributed by atoms with E-state index in [1.165, 1.54) is 0 Å². The van der Waals surface area contributed by atoms with Crippen molar-refractivity contribution in [3.8, 4) is 0 Å². The number of aryl methyl sites for hydroxylation is 2. The predicted molar refractivity (Wildman–Crippen MR) is 87.9 cm³/mol. The smallest absolute Gasteiger partial charge is 0.255 e. The van der Waals surface area contributed by atoms with Gasteiger partial charge in [-0.25, -0.2) is 9.97 Å². The van der Waals surface area contributed by atoms with E-state index < -0.39 is 0 Å². The molecule has 2 aromatic rings. The number of anilines is 2. The van der Waals surface area contributed by atoms with Gasteiger partial charge in [0, 0.05) is 24.1 Å². The van der Waals surface area contributed by atoms with Crippen molar-refractivity contribution >= 4 is 33.5 Å². The molecule has 0 aliphatic heterocycles. The Morgan fingerprint density at radius 3 is 2.10 bits per heavy atom. The van der Waals surface area contributed by atoms with Crippen LogP contribution in [0.4, 0.5) is 11.6 Å². The first-order valence-corrected chi connectivity index (χ1v) is 7.27. The van der Waals surface area contributed by atoms with E-state index in [1.54, 1.807) is 12.1 Å². The van der Waals surface area contributed by atoms with Crippen LogP contribution >= 0.6 is 15.9 Å². The molecule has 0 saturated carbocycles. The molecule has 0 bridgehead atoms. The lowest BCUT2D eigenvalue weighted by molar-refractivity contribution is 0.102. The Morgan fingerprint density at radius 1 is 1.10 bits per heavy atom. The van der Waals surface area contributed by atoms with E-state index in [4.69, 9.17) is 0 Å². The van der Waals surface area contributed by atoms with Crippen molar-refractivity contribution in [1.82, 2.24) is 9.97 Å². The number of nitrogens with zero attached hydrogens (tertiary/aromatic N) is 3. The normalized spacial score (nSPS) is 10.3. The van der Waals surface area contributed by atoms with E-state index in [1.807, 2.05) is 45.0 Å². The zero-order valence-corrected chi connectivity index (χ0v) is 14.0. The maximum Gasteiger partial charge on any atom is 0.255 e. The third-order valence-electron chi connectivity index (χ3n) is 3.00. The molecule has 1 amide bonds. The highest BCUT2D eigenvalue weighted by atomic mass is 79.9. The predicted octanol–water partition coefficient (Wildman–Crippen LogP) is 3.17. The fraction of sp³-hybridized carbons (Fsp3) is 0.267. The Kier molecular flexibility index (Phi) is 4.57. The monoisotopic (exact) mass is 348 g/mol. The van der Waals surface area contributed by atoms with Crippen LogP contribution in [-0.2, 0) is 0 Å². The third-order valence-corrected chi connectivity index (χ3v) is 3.53. The van der Waals surface area contributed by atoms with Crippen LogP contribution in [-0.4, -0.2) is 30.0 Å². The Balaban J connectivity index is 2.27. The van der Waals surface area contributed by atoms with Gasteiger partial charge < -0.3 is 10.2 Å². The van der Waals surface area contributed by atoms with Gasteiger partial charge in [0.05, 0.1) is 17.1 Å². The van der Waals surface area contributed by atoms with Gasteiger partial charge in [0.15, 0.2) is 0 Å². The molecule has 1 aromatic carbocycles. The number of halogens is 1. The molecule has 0 fully saturated rings. The lowest BCUT2D eigenvalue weighted by atomic mass is 10.2. The number of aromatic nitrogens is 2. The first-order chi connectivity index (χ1) is 9.88. The molecule has 2 rings (SSSR count). The SMILES string of the molecule is Cc1nc(N(C)C)nc(C)c1NC(=O)c1ccc(Br)cc1. The number of nitrogens with one attached hydrogen (secondary N) is 1. The van der Waals surface area contributed by atoms with Crippen molar-refractivity contribution in [3.05, 3.63) is 45.7 Å². The van der Waals surface area contributed by atoms with Gasteiger partial charge in [-0.15, -0.1) is 0 Å². The van der Waals surface area contributed by atoms with E-state index >= 15 is 0 Å². The molecule has 0 spiro atoms. The molecule has 0 saturated heterocycles. The Morgan fingerprint density at radius 2 is 1.62 bits per heavy atom. The molecular weight excluding hydrogens is 332 g/mol. The Bertz CT molecular complexity index is 645. The lowest BCUT2D eigenvalue weighted by Gasteiger charge is -2.15. The van der Waals surface area contributed by atoms with Crippen molar-refractivity contribution in [3.63, 3.8) is 0 Å². The van der Waals surface area contributed by atoms with Gasteiger partial charge in [0.1, 0.15) is 0 Å². The fourth-order valence-corrected chi connectivity index (χ4v) is 2.13. The largest absolute Gasteiger partial charge is 0.347 e. The number of hydrogen-bond acceptors (Lipinski definition) is 4. The molecule has 1 N–H and O–H groups in total. The van der Waals surface area contributed by atoms with E-state index in [2.05, 4.69) is 31.2 Å². The second kappa shape index (κ2) is 6.22. The van der Waals surface area contributed by atoms with Gasteiger partial charge in [-0.3, -0.25) is 4.79 Å². The topological polar surface area (TPSA) is 58.1 Å². The minimum absolute atomic E-state index is 0.171. The molecule has 0 aliphatic carbocycles. The number of carbonyl (C=O) groups excluding carboxylic acids is 1. The average molecular weight is 349 g/mol. The van der Waals surface area contributed by atoms with Crippen molar-refractivity contribution in [2.24, 2.45) is 0 Å². The van der Waals surface area contributed by atoms with Crippen LogP contribution in [0.2, 0.25) is 0 Å². The molecule has 0 radical (unpaired) electrons. The number of benzene rings is 1. The van der Waals surface area contributed by atoms with Crippen LogP contribution in [0.1, 0.15) is 21.7 Å². The summed E-state index contributed by atoms with van der Waals surface area (Å²) in [6, 6.07) is 7.19. The molecule has 1 aromatic heterocycles. The summed E-state index contributed by atoms with van der Waals surface area (Å²) in [5.74, 6) is 0.460. The van der Waals surface area contributed by atoms with E-state index in [9.17, 15) is 4.79 Å². The molecular formula is C15H17BrN4O. The van der Waals surface area contributed by atoms with Gasteiger partial charge in [-0.1, -0.05) is 15.9 Å². The summed E-state index contributed by atoms with van der Waals surface area (Å²) in [6.07, 6.45) is 0. The number of amides is 1. The van der Waals surface area contributed by atoms with Crippen molar-refractivity contribution in [1.29, 1.82) is 0 Å². The summed E-state index contributed by atoms with van der Waals surface area (Å²) >= 11 is 3.35. The average Bonchev–Trinajstić information content (AvgIpc) is 2.43. The van der Waals surface area contributed by atoms with E-state index in [-0.39, 0.29) is 5.91 Å². The van der Waals surface area contributed by atoms with Crippen molar-refractivity contribution in [2.45, 2.75) is 13.8 Å². The van der Waals surface area contributed by atoms with E-state index in [0.29, 0.717) is 17.2 Å². The summed E-state index contributed by atoms with van der Waals surface area (Å²) in [5, 5.41) is 2.88. The lowest BCUT2D eigenvalue weighted by Crippen LogP contribution is -2.18. The first kappa shape index (κ1) is 15.4. The molecule has 5 nitrogen and oxygen atoms in total. The van der Waals surface area contributed by atoms with Gasteiger partial charge in [-0.2, -0.15) is 0 Å². The molecule has 21 heavy (non-hydrogen) atoms. The van der Waals surface area contributed by atoms with Gasteiger partial charge >= 0.3 is 0 Å². The summed E-state index contributed by atoms with van der Waals surface area (Å²) in [4.78, 5) is 22.9. The molecule has 1 heterocycles. The number of hydrogen-bond donors (Lipinski definition) is 1. The van der Waals surface area contributed by atoms with Gasteiger partial charge in [0.2, 0.25) is 5.95 Å². The minimum Gasteiger partial charge on any atom is -0.347 e. The second-order valence-electron chi connectivity index (χ2n) is 4.92. The van der Waals surface area contributed by atoms with Gasteiger partial charge in [-0.05, 0) is 38.1 Å². The van der Waals surface area contributed by atoms with Crippen LogP contribution in [0.25, 0.3) is 0 Å². The molecule has 0 unspecified atom stereocenters. The maximum absolute atomic E-state index is 12.3. The highest BCUT2D eigenvalue weighted by molar-refractivity contribution is 9.10. The standard InChI is InChI=1S/C15H17BrN4O/c1-9-13(10(2)18-15(17-9)20(3)4)19-14(21)11-5-7-12(16)8-6-11/h5-8H,1-4H3,(H,19,21). The highest BCUT2D eigenvalue weighted by Crippen LogP contribution is 2.20. The fourth-order valence-electron chi connectivity index (χ4n) is 1.87. The minimum atomic E-state index is -0.171. The van der Waals surface area contributed by atoms with Crippen molar-refractivity contribution in [2.75, 3.05) is 24.3 Å². The molecule has 0 atom stereocenters. The summed E-state index contributed by atoms with van der Waals surface area (Å²) in [7, 11) is 3.77. The zero-order chi connectivity index (χ0) is 15.6. The molecule has 0 aliphatic rings. The van der Waals surface area contributed by atoms with Crippen LogP contribution in [0, 0.1) is 13.8 Å². The van der Waals surface area contributed by atoms with Crippen LogP contribution < -0.4 is 10.2 Å². The van der Waals surface area contributed by atoms with Crippen LogP contribution in [0.3, 0.4) is 0 Å². The summed E-state index contributed by atoms with van der Waals surface area (Å²) in [5.41, 5.74) is 2.75. The van der Waals surface area contributed by atoms with Gasteiger partial charge in [0.25, 0.3) is 5.91 Å². The first-order valence-electron chi connectivity index (χ1n) is 6.48. The molecule has 6 heteroatoms. The third kappa shape index (κ3) is 3.58. The molecule has 110 valence electrons. The second-order valence-corrected chi connectivity index (χ2v) is 5.84. The quantitative estimate of drug-likeness (QED) is 0.925. The van der Waals surface area contributed by atoms with Crippen LogP contribution in [0.15, 0.2) is 28.7 Å². The number of rotatable bonds is 3. The summed E-state index contributed by atoms with van der Waals surface area (Å²) < 4.78 is 0.935. The zero-order valence-electron chi connectivity index (χ0n) is 12.4. The summed E-state index contributed by atoms with van der Waals surface area (Å²) in [6.45, 7) is 3.72. The van der Waals surface area contributed by atoms with Crippen LogP contribution in [0.5, 0.6) is 0 Å². The number of carbonyl (C=O) groups is 1. The van der Waals surface area contributed by atoms with E-state index in [0.717, 1.165) is 15.9 Å². The van der Waals surface area contributed by atoms with Crippen molar-refractivity contribution < 1.29 is 4.79 Å². The Hall–Kier alpha value is -1.95.